The monoisotopic (exact) mass is 372 g/mol. The highest BCUT2D eigenvalue weighted by Crippen LogP contribution is 2.46. The molecule has 1 N–H and O–H groups in total. The maximum absolute atomic E-state index is 9.65. The van der Waals surface area contributed by atoms with E-state index in [4.69, 9.17) is 0 Å². The quantitative estimate of drug-likeness (QED) is 0.529. The highest BCUT2D eigenvalue weighted by Gasteiger charge is 2.36. The lowest BCUT2D eigenvalue weighted by Crippen LogP contribution is -2.33. The van der Waals surface area contributed by atoms with Crippen molar-refractivity contribution in [3.63, 3.8) is 0 Å². The number of aliphatic hydroxyl groups is 1. The van der Waals surface area contributed by atoms with Crippen molar-refractivity contribution >= 4 is 10.8 Å². The minimum atomic E-state index is 0.108. The van der Waals surface area contributed by atoms with E-state index in [-0.39, 0.29) is 17.4 Å². The molecule has 0 saturated carbocycles. The molecular formula is C27H32O. The molecule has 4 rings (SSSR count). The summed E-state index contributed by atoms with van der Waals surface area (Å²) in [7, 11) is 0. The lowest BCUT2D eigenvalue weighted by Gasteiger charge is -2.42. The standard InChI is InChI=1S/C27H32O/c1-6-22-21(17-28)8-7-20-15-18(9-11-23(20)22)19-10-12-24-25(16-19)27(4,5)14-13-26(24,2)3/h7-12,15-16,28H,6,13-14,17H2,1-5H3. The van der Waals surface area contributed by atoms with E-state index in [2.05, 4.69) is 83.1 Å². The summed E-state index contributed by atoms with van der Waals surface area (Å²) >= 11 is 0. The van der Waals surface area contributed by atoms with Crippen molar-refractivity contribution in [2.24, 2.45) is 0 Å². The summed E-state index contributed by atoms with van der Waals surface area (Å²) in [6.45, 7) is 11.8. The number of benzene rings is 3. The molecule has 0 saturated heterocycles. The van der Waals surface area contributed by atoms with Crippen LogP contribution in [0, 0.1) is 0 Å². The van der Waals surface area contributed by atoms with Gasteiger partial charge in [0, 0.05) is 0 Å². The molecule has 0 radical (unpaired) electrons. The van der Waals surface area contributed by atoms with Crippen molar-refractivity contribution in [2.75, 3.05) is 0 Å². The smallest absolute Gasteiger partial charge is 0.0684 e. The molecule has 28 heavy (non-hydrogen) atoms. The topological polar surface area (TPSA) is 20.2 Å². The first-order valence-electron chi connectivity index (χ1n) is 10.6. The van der Waals surface area contributed by atoms with Crippen LogP contribution in [0.3, 0.4) is 0 Å². The molecule has 0 unspecified atom stereocenters. The van der Waals surface area contributed by atoms with Gasteiger partial charge in [0.25, 0.3) is 0 Å². The van der Waals surface area contributed by atoms with Crippen LogP contribution in [-0.2, 0) is 23.9 Å². The molecule has 3 aromatic carbocycles. The van der Waals surface area contributed by atoms with Crippen molar-refractivity contribution in [1.82, 2.24) is 0 Å². The third kappa shape index (κ3) is 3.06. The van der Waals surface area contributed by atoms with Gasteiger partial charge < -0.3 is 5.11 Å². The van der Waals surface area contributed by atoms with Crippen LogP contribution in [0.25, 0.3) is 21.9 Å². The molecule has 0 amide bonds. The van der Waals surface area contributed by atoms with Gasteiger partial charge in [-0.25, -0.2) is 0 Å². The molecular weight excluding hydrogens is 340 g/mol. The van der Waals surface area contributed by atoms with Crippen LogP contribution in [-0.4, -0.2) is 5.11 Å². The third-order valence-electron chi connectivity index (χ3n) is 6.94. The summed E-state index contributed by atoms with van der Waals surface area (Å²) in [5.74, 6) is 0. The van der Waals surface area contributed by atoms with Crippen molar-refractivity contribution in [3.05, 3.63) is 70.8 Å². The second kappa shape index (κ2) is 6.74. The normalized spacial score (nSPS) is 17.5. The van der Waals surface area contributed by atoms with Gasteiger partial charge in [-0.2, -0.15) is 0 Å². The fourth-order valence-corrected chi connectivity index (χ4v) is 4.95. The van der Waals surface area contributed by atoms with E-state index in [1.54, 1.807) is 0 Å². The van der Waals surface area contributed by atoms with E-state index in [1.807, 2.05) is 0 Å². The SMILES string of the molecule is CCc1c(CO)ccc2cc(-c3ccc4c(c3)C(C)(C)CCC4(C)C)ccc12. The van der Waals surface area contributed by atoms with Crippen LogP contribution < -0.4 is 0 Å². The zero-order chi connectivity index (χ0) is 20.1. The van der Waals surface area contributed by atoms with Crippen LogP contribution in [0.5, 0.6) is 0 Å². The van der Waals surface area contributed by atoms with E-state index in [0.29, 0.717) is 0 Å². The average molecular weight is 373 g/mol. The Morgan fingerprint density at radius 2 is 1.43 bits per heavy atom. The zero-order valence-corrected chi connectivity index (χ0v) is 17.9. The van der Waals surface area contributed by atoms with Gasteiger partial charge in [0.1, 0.15) is 0 Å². The predicted octanol–water partition coefficient (Wildman–Crippen LogP) is 6.91. The summed E-state index contributed by atoms with van der Waals surface area (Å²) in [5.41, 5.74) is 8.37. The number of hydrogen-bond acceptors (Lipinski definition) is 1. The molecule has 0 fully saturated rings. The minimum absolute atomic E-state index is 0.108. The maximum Gasteiger partial charge on any atom is 0.0684 e. The molecule has 1 aliphatic carbocycles. The lowest BCUT2D eigenvalue weighted by molar-refractivity contribution is 0.281. The summed E-state index contributed by atoms with van der Waals surface area (Å²) in [6.07, 6.45) is 3.42. The van der Waals surface area contributed by atoms with Gasteiger partial charge in [0.15, 0.2) is 0 Å². The highest BCUT2D eigenvalue weighted by atomic mass is 16.3. The molecule has 3 aromatic rings. The first kappa shape index (κ1) is 19.2. The Hall–Kier alpha value is -2.12. The summed E-state index contributed by atoms with van der Waals surface area (Å²) in [5, 5.41) is 12.2. The number of aryl methyl sites for hydroxylation is 1. The largest absolute Gasteiger partial charge is 0.392 e. The maximum atomic E-state index is 9.65. The molecule has 0 heterocycles. The van der Waals surface area contributed by atoms with Gasteiger partial charge in [-0.15, -0.1) is 0 Å². The van der Waals surface area contributed by atoms with E-state index in [1.165, 1.54) is 51.4 Å². The van der Waals surface area contributed by atoms with Crippen LogP contribution >= 0.6 is 0 Å². The van der Waals surface area contributed by atoms with Crippen molar-refractivity contribution in [1.29, 1.82) is 0 Å². The molecule has 0 aliphatic heterocycles. The molecule has 0 bridgehead atoms. The fraction of sp³-hybridized carbons (Fsp3) is 0.407. The molecule has 0 aromatic heterocycles. The van der Waals surface area contributed by atoms with Gasteiger partial charge in [0.05, 0.1) is 6.61 Å². The Morgan fingerprint density at radius 3 is 2.11 bits per heavy atom. The number of rotatable bonds is 3. The molecule has 1 aliphatic rings. The van der Waals surface area contributed by atoms with Gasteiger partial charge in [-0.1, -0.05) is 77.1 Å². The Morgan fingerprint density at radius 1 is 0.786 bits per heavy atom. The van der Waals surface area contributed by atoms with Gasteiger partial charge >= 0.3 is 0 Å². The third-order valence-corrected chi connectivity index (χ3v) is 6.94. The van der Waals surface area contributed by atoms with Crippen LogP contribution in [0.15, 0.2) is 48.5 Å². The Kier molecular flexibility index (Phi) is 4.62. The average Bonchev–Trinajstić information content (AvgIpc) is 2.69. The highest BCUT2D eigenvalue weighted by molar-refractivity contribution is 5.90. The summed E-state index contributed by atoms with van der Waals surface area (Å²) < 4.78 is 0. The first-order chi connectivity index (χ1) is 13.3. The van der Waals surface area contributed by atoms with E-state index >= 15 is 0 Å². The Labute approximate surface area is 169 Å². The molecule has 0 spiro atoms. The van der Waals surface area contributed by atoms with Crippen LogP contribution in [0.1, 0.15) is 69.7 Å². The summed E-state index contributed by atoms with van der Waals surface area (Å²) in [6, 6.07) is 18.1. The molecule has 0 atom stereocenters. The van der Waals surface area contributed by atoms with Gasteiger partial charge in [-0.05, 0) is 80.3 Å². The summed E-state index contributed by atoms with van der Waals surface area (Å²) in [4.78, 5) is 0. The number of hydrogen-bond donors (Lipinski definition) is 1. The zero-order valence-electron chi connectivity index (χ0n) is 17.9. The Balaban J connectivity index is 1.85. The van der Waals surface area contributed by atoms with Crippen LogP contribution in [0.2, 0.25) is 0 Å². The second-order valence-electron chi connectivity index (χ2n) is 9.68. The van der Waals surface area contributed by atoms with E-state index in [0.717, 1.165) is 12.0 Å². The lowest BCUT2D eigenvalue weighted by atomic mass is 9.63. The number of aliphatic hydroxyl groups excluding tert-OH is 1. The minimum Gasteiger partial charge on any atom is -0.392 e. The van der Waals surface area contributed by atoms with Crippen molar-refractivity contribution < 1.29 is 5.11 Å². The Bertz CT molecular complexity index is 1040. The van der Waals surface area contributed by atoms with Gasteiger partial charge in [-0.3, -0.25) is 0 Å². The van der Waals surface area contributed by atoms with E-state index in [9.17, 15) is 5.11 Å². The molecule has 146 valence electrons. The predicted molar refractivity (Wildman–Crippen MR) is 120 cm³/mol. The molecule has 1 nitrogen and oxygen atoms in total. The molecule has 1 heteroatoms. The van der Waals surface area contributed by atoms with Crippen molar-refractivity contribution in [3.8, 4) is 11.1 Å². The van der Waals surface area contributed by atoms with E-state index < -0.39 is 0 Å². The second-order valence-corrected chi connectivity index (χ2v) is 9.68. The van der Waals surface area contributed by atoms with Gasteiger partial charge in [0.2, 0.25) is 0 Å². The fourth-order valence-electron chi connectivity index (χ4n) is 4.95. The number of fused-ring (bicyclic) bond motifs is 2. The first-order valence-corrected chi connectivity index (χ1v) is 10.6. The van der Waals surface area contributed by atoms with Crippen molar-refractivity contribution in [2.45, 2.75) is 71.3 Å². The van der Waals surface area contributed by atoms with Crippen LogP contribution in [0.4, 0.5) is 0 Å².